The van der Waals surface area contributed by atoms with Crippen LogP contribution in [0.15, 0.2) is 0 Å². The van der Waals surface area contributed by atoms with E-state index in [1.807, 2.05) is 18.9 Å². The largest absolute Gasteiger partial charge is 0.466 e. The quantitative estimate of drug-likeness (QED) is 0.612. The van der Waals surface area contributed by atoms with Crippen molar-refractivity contribution in [3.8, 4) is 6.07 Å². The summed E-state index contributed by atoms with van der Waals surface area (Å²) in [6.45, 7) is 2.88. The Balaban J connectivity index is 2.47. The molecular weight excluding hydrogens is 180 g/mol. The maximum absolute atomic E-state index is 11.4. The van der Waals surface area contributed by atoms with E-state index >= 15 is 0 Å². The van der Waals surface area contributed by atoms with E-state index < -0.39 is 0 Å². The number of nitrogens with zero attached hydrogens (tertiary/aromatic N) is 2. The zero-order chi connectivity index (χ0) is 10.6. The van der Waals surface area contributed by atoms with E-state index in [0.29, 0.717) is 13.2 Å². The fourth-order valence-electron chi connectivity index (χ4n) is 1.76. The van der Waals surface area contributed by atoms with Crippen LogP contribution in [0.1, 0.15) is 19.8 Å². The van der Waals surface area contributed by atoms with Gasteiger partial charge < -0.3 is 4.74 Å². The van der Waals surface area contributed by atoms with Crippen molar-refractivity contribution in [1.29, 1.82) is 5.26 Å². The Morgan fingerprint density at radius 2 is 2.36 bits per heavy atom. The van der Waals surface area contributed by atoms with Crippen LogP contribution < -0.4 is 0 Å². The highest BCUT2D eigenvalue weighted by Gasteiger charge is 2.30. The molecule has 0 saturated carbocycles. The zero-order valence-corrected chi connectivity index (χ0v) is 8.69. The van der Waals surface area contributed by atoms with Gasteiger partial charge >= 0.3 is 5.97 Å². The molecule has 1 heterocycles. The van der Waals surface area contributed by atoms with Crippen molar-refractivity contribution in [3.05, 3.63) is 0 Å². The van der Waals surface area contributed by atoms with Crippen molar-refractivity contribution < 1.29 is 9.53 Å². The van der Waals surface area contributed by atoms with Crippen LogP contribution in [0.4, 0.5) is 0 Å². The van der Waals surface area contributed by atoms with E-state index in [4.69, 9.17) is 10.00 Å². The number of piperidine rings is 1. The first kappa shape index (κ1) is 11.0. The second kappa shape index (κ2) is 4.97. The summed E-state index contributed by atoms with van der Waals surface area (Å²) in [4.78, 5) is 13.3. The molecule has 1 fully saturated rings. The van der Waals surface area contributed by atoms with Gasteiger partial charge in [0.1, 0.15) is 0 Å². The number of esters is 1. The molecule has 0 N–H and O–H groups in total. The van der Waals surface area contributed by atoms with Gasteiger partial charge in [-0.3, -0.25) is 9.69 Å². The molecule has 1 aliphatic rings. The van der Waals surface area contributed by atoms with Gasteiger partial charge in [0.25, 0.3) is 0 Å². The molecule has 78 valence electrons. The van der Waals surface area contributed by atoms with Crippen molar-refractivity contribution in [2.75, 3.05) is 20.2 Å². The first-order valence-electron chi connectivity index (χ1n) is 4.95. The van der Waals surface area contributed by atoms with Gasteiger partial charge in [-0.1, -0.05) is 0 Å². The molecular formula is C10H16N2O2. The standard InChI is InChI=1S/C10H16N2O2/c1-3-14-10(13)8-4-5-9(6-11)12(2)7-8/h8-9H,3-5,7H2,1-2H3/t8-,9-/m1/s1. The number of nitriles is 1. The van der Waals surface area contributed by atoms with Crippen LogP contribution in [-0.4, -0.2) is 37.1 Å². The lowest BCUT2D eigenvalue weighted by Gasteiger charge is -2.32. The number of hydrogen-bond donors (Lipinski definition) is 0. The van der Waals surface area contributed by atoms with Crippen LogP contribution in [0.2, 0.25) is 0 Å². The summed E-state index contributed by atoms with van der Waals surface area (Å²) in [6, 6.07) is 2.18. The predicted octanol–water partition coefficient (Wildman–Crippen LogP) is 0.783. The Kier molecular flexibility index (Phi) is 3.90. The SMILES string of the molecule is CCOC(=O)[C@@H]1CC[C@H](C#N)N(C)C1. The monoisotopic (exact) mass is 196 g/mol. The average molecular weight is 196 g/mol. The molecule has 0 aromatic rings. The van der Waals surface area contributed by atoms with E-state index in [9.17, 15) is 4.79 Å². The van der Waals surface area contributed by atoms with Gasteiger partial charge in [0.2, 0.25) is 0 Å². The fraction of sp³-hybridized carbons (Fsp3) is 0.800. The maximum Gasteiger partial charge on any atom is 0.310 e. The second-order valence-electron chi connectivity index (χ2n) is 3.61. The summed E-state index contributed by atoms with van der Waals surface area (Å²) >= 11 is 0. The topological polar surface area (TPSA) is 53.3 Å². The maximum atomic E-state index is 11.4. The smallest absolute Gasteiger partial charge is 0.310 e. The number of hydrogen-bond acceptors (Lipinski definition) is 4. The molecule has 4 nitrogen and oxygen atoms in total. The lowest BCUT2D eigenvalue weighted by atomic mass is 9.94. The van der Waals surface area contributed by atoms with Crippen molar-refractivity contribution in [1.82, 2.24) is 4.90 Å². The minimum atomic E-state index is -0.129. The number of rotatable bonds is 2. The van der Waals surface area contributed by atoms with Gasteiger partial charge in [0.05, 0.1) is 24.6 Å². The highest BCUT2D eigenvalue weighted by Crippen LogP contribution is 2.21. The van der Waals surface area contributed by atoms with E-state index in [-0.39, 0.29) is 17.9 Å². The van der Waals surface area contributed by atoms with Crippen LogP contribution in [-0.2, 0) is 9.53 Å². The van der Waals surface area contributed by atoms with E-state index in [1.54, 1.807) is 0 Å². The molecule has 0 aliphatic carbocycles. The highest BCUT2D eigenvalue weighted by molar-refractivity contribution is 5.72. The molecule has 0 aromatic carbocycles. The summed E-state index contributed by atoms with van der Waals surface area (Å²) in [7, 11) is 1.87. The van der Waals surface area contributed by atoms with Gasteiger partial charge in [-0.05, 0) is 26.8 Å². The summed E-state index contributed by atoms with van der Waals surface area (Å²) < 4.78 is 4.95. The van der Waals surface area contributed by atoms with E-state index in [1.165, 1.54) is 0 Å². The number of carbonyl (C=O) groups is 1. The normalized spacial score (nSPS) is 28.1. The van der Waals surface area contributed by atoms with Crippen molar-refractivity contribution >= 4 is 5.97 Å². The molecule has 1 saturated heterocycles. The summed E-state index contributed by atoms with van der Waals surface area (Å²) in [5.74, 6) is -0.180. The van der Waals surface area contributed by atoms with Crippen molar-refractivity contribution in [3.63, 3.8) is 0 Å². The van der Waals surface area contributed by atoms with Gasteiger partial charge in [-0.2, -0.15) is 5.26 Å². The molecule has 0 aromatic heterocycles. The molecule has 0 spiro atoms. The average Bonchev–Trinajstić information content (AvgIpc) is 2.18. The molecule has 1 rings (SSSR count). The minimum absolute atomic E-state index is 0.0410. The van der Waals surface area contributed by atoms with Crippen LogP contribution in [0.3, 0.4) is 0 Å². The molecule has 0 amide bonds. The summed E-state index contributed by atoms with van der Waals surface area (Å²) in [6.07, 6.45) is 1.53. The van der Waals surface area contributed by atoms with E-state index in [0.717, 1.165) is 12.8 Å². The zero-order valence-electron chi connectivity index (χ0n) is 8.69. The lowest BCUT2D eigenvalue weighted by molar-refractivity contribution is -0.150. The number of likely N-dealkylation sites (tertiary alicyclic amines) is 1. The molecule has 0 bridgehead atoms. The Hall–Kier alpha value is -1.08. The molecule has 14 heavy (non-hydrogen) atoms. The number of carbonyl (C=O) groups excluding carboxylic acids is 1. The Bertz CT molecular complexity index is 247. The van der Waals surface area contributed by atoms with Crippen LogP contribution >= 0.6 is 0 Å². The van der Waals surface area contributed by atoms with Gasteiger partial charge in [-0.15, -0.1) is 0 Å². The number of ether oxygens (including phenoxy) is 1. The molecule has 2 atom stereocenters. The third-order valence-electron chi connectivity index (χ3n) is 2.60. The highest BCUT2D eigenvalue weighted by atomic mass is 16.5. The molecule has 4 heteroatoms. The van der Waals surface area contributed by atoms with Crippen LogP contribution in [0.5, 0.6) is 0 Å². The Morgan fingerprint density at radius 3 is 2.86 bits per heavy atom. The molecule has 0 radical (unpaired) electrons. The molecule has 0 unspecified atom stereocenters. The third kappa shape index (κ3) is 2.46. The Morgan fingerprint density at radius 1 is 1.64 bits per heavy atom. The molecule has 1 aliphatic heterocycles. The predicted molar refractivity (Wildman–Crippen MR) is 51.4 cm³/mol. The third-order valence-corrected chi connectivity index (χ3v) is 2.60. The minimum Gasteiger partial charge on any atom is -0.466 e. The van der Waals surface area contributed by atoms with Crippen molar-refractivity contribution in [2.24, 2.45) is 5.92 Å². The Labute approximate surface area is 84.4 Å². The van der Waals surface area contributed by atoms with Gasteiger partial charge in [0.15, 0.2) is 0 Å². The van der Waals surface area contributed by atoms with Crippen LogP contribution in [0.25, 0.3) is 0 Å². The van der Waals surface area contributed by atoms with Gasteiger partial charge in [-0.25, -0.2) is 0 Å². The first-order valence-corrected chi connectivity index (χ1v) is 4.95. The van der Waals surface area contributed by atoms with E-state index in [2.05, 4.69) is 6.07 Å². The van der Waals surface area contributed by atoms with Gasteiger partial charge in [0, 0.05) is 6.54 Å². The second-order valence-corrected chi connectivity index (χ2v) is 3.61. The summed E-state index contributed by atoms with van der Waals surface area (Å²) in [5.41, 5.74) is 0. The lowest BCUT2D eigenvalue weighted by Crippen LogP contribution is -2.42. The van der Waals surface area contributed by atoms with Crippen molar-refractivity contribution in [2.45, 2.75) is 25.8 Å². The summed E-state index contributed by atoms with van der Waals surface area (Å²) in [5, 5.41) is 8.78. The van der Waals surface area contributed by atoms with Crippen LogP contribution in [0, 0.1) is 17.2 Å². The first-order chi connectivity index (χ1) is 6.69. The fourth-order valence-corrected chi connectivity index (χ4v) is 1.76.